The number of ether oxygens (including phenoxy) is 1. The van der Waals surface area contributed by atoms with Gasteiger partial charge in [0.1, 0.15) is 6.07 Å². The van der Waals surface area contributed by atoms with E-state index in [0.717, 1.165) is 12.8 Å². The number of halogens is 1. The number of fused-ring (bicyclic) bond motifs is 1. The number of hydrogen-bond donors (Lipinski definition) is 2. The summed E-state index contributed by atoms with van der Waals surface area (Å²) in [5, 5.41) is 15.2. The van der Waals surface area contributed by atoms with E-state index in [2.05, 4.69) is 10.6 Å². The summed E-state index contributed by atoms with van der Waals surface area (Å²) in [5.74, 6) is -1.14. The van der Waals surface area contributed by atoms with Gasteiger partial charge in [-0.3, -0.25) is 23.5 Å². The molecule has 5 rings (SSSR count). The number of amides is 2. The Kier molecular flexibility index (Phi) is 7.06. The van der Waals surface area contributed by atoms with Gasteiger partial charge in [0.2, 0.25) is 5.91 Å². The second-order valence-electron chi connectivity index (χ2n) is 9.64. The van der Waals surface area contributed by atoms with E-state index in [0.29, 0.717) is 41.2 Å². The molecule has 38 heavy (non-hydrogen) atoms. The van der Waals surface area contributed by atoms with Crippen molar-refractivity contribution in [2.75, 3.05) is 18.5 Å². The van der Waals surface area contributed by atoms with Gasteiger partial charge < -0.3 is 15.4 Å². The zero-order valence-corrected chi connectivity index (χ0v) is 21.5. The van der Waals surface area contributed by atoms with E-state index in [4.69, 9.17) is 21.6 Å². The van der Waals surface area contributed by atoms with Crippen LogP contribution in [0.3, 0.4) is 0 Å². The fourth-order valence-electron chi connectivity index (χ4n) is 4.72. The van der Waals surface area contributed by atoms with Crippen molar-refractivity contribution >= 4 is 40.0 Å². The van der Waals surface area contributed by atoms with Crippen molar-refractivity contribution in [3.63, 3.8) is 0 Å². The molecule has 0 spiro atoms. The number of carbonyl (C=O) groups excluding carboxylic acids is 2. The lowest BCUT2D eigenvalue weighted by atomic mass is 10.0. The Labute approximate surface area is 222 Å². The second kappa shape index (κ2) is 10.4. The largest absolute Gasteiger partial charge is 0.378 e. The number of aryl methyl sites for hydroxylation is 1. The summed E-state index contributed by atoms with van der Waals surface area (Å²) in [6, 6.07) is 10.6. The highest BCUT2D eigenvalue weighted by molar-refractivity contribution is 6.32. The average Bonchev–Trinajstić information content (AvgIpc) is 3.61. The summed E-state index contributed by atoms with van der Waals surface area (Å²) in [6.45, 7) is 2.88. The maximum atomic E-state index is 13.2. The van der Waals surface area contributed by atoms with E-state index in [9.17, 15) is 19.2 Å². The molecule has 0 unspecified atom stereocenters. The van der Waals surface area contributed by atoms with Crippen molar-refractivity contribution in [1.82, 2.24) is 14.5 Å². The third kappa shape index (κ3) is 4.95. The molecular weight excluding hydrogens is 510 g/mol. The van der Waals surface area contributed by atoms with E-state index in [1.54, 1.807) is 22.8 Å². The highest BCUT2D eigenvalue weighted by Gasteiger charge is 2.35. The molecule has 1 saturated heterocycles. The molecule has 1 aromatic heterocycles. The Bertz CT molecular complexity index is 1600. The van der Waals surface area contributed by atoms with E-state index >= 15 is 0 Å². The van der Waals surface area contributed by atoms with Gasteiger partial charge in [-0.1, -0.05) is 11.6 Å². The standard InChI is InChI=1S/C27H26ClN5O5/c1-2-32-23-8-6-16(9-19(23)26(36)33(27(32)37)12-15-3-4-15)24(34)31-22-14-38-13-20(22)25(35)30-18-7-5-17(11-29)21(28)10-18/h5-10,15,20,22H,2-4,12-14H2,1H3,(H,30,35)(H,31,34)/t20-,22+/m1/s1. The van der Waals surface area contributed by atoms with Crippen molar-refractivity contribution < 1.29 is 14.3 Å². The number of nitriles is 1. The predicted octanol–water partition coefficient (Wildman–Crippen LogP) is 2.50. The van der Waals surface area contributed by atoms with E-state index < -0.39 is 23.4 Å². The SMILES string of the molecule is CCn1c(=O)n(CC2CC2)c(=O)c2cc(C(=O)N[C@H]3COC[C@H]3C(=O)Nc3ccc(C#N)c(Cl)c3)ccc21. The monoisotopic (exact) mass is 535 g/mol. The van der Waals surface area contributed by atoms with Crippen LogP contribution in [0.4, 0.5) is 5.69 Å². The van der Waals surface area contributed by atoms with E-state index in [1.165, 1.54) is 22.8 Å². The van der Waals surface area contributed by atoms with Crippen LogP contribution in [0.25, 0.3) is 10.9 Å². The Hall–Kier alpha value is -3.94. The molecule has 2 fully saturated rings. The quantitative estimate of drug-likeness (QED) is 0.477. The molecule has 2 atom stereocenters. The zero-order valence-electron chi connectivity index (χ0n) is 20.7. The van der Waals surface area contributed by atoms with Crippen molar-refractivity contribution in [2.45, 2.75) is 38.9 Å². The summed E-state index contributed by atoms with van der Waals surface area (Å²) in [6.07, 6.45) is 1.99. The van der Waals surface area contributed by atoms with Gasteiger partial charge in [0.25, 0.3) is 11.5 Å². The lowest BCUT2D eigenvalue weighted by Crippen LogP contribution is -2.44. The minimum atomic E-state index is -0.658. The predicted molar refractivity (Wildman–Crippen MR) is 141 cm³/mol. The Balaban J connectivity index is 1.36. The molecule has 2 aromatic carbocycles. The van der Waals surface area contributed by atoms with Gasteiger partial charge in [-0.05, 0) is 62.1 Å². The summed E-state index contributed by atoms with van der Waals surface area (Å²) in [4.78, 5) is 52.2. The van der Waals surface area contributed by atoms with E-state index in [-0.39, 0.29) is 35.4 Å². The topological polar surface area (TPSA) is 135 Å². The van der Waals surface area contributed by atoms with Gasteiger partial charge in [0.05, 0.1) is 46.7 Å². The van der Waals surface area contributed by atoms with Crippen molar-refractivity contribution in [3.05, 3.63) is 73.4 Å². The average molecular weight is 536 g/mol. The molecule has 0 radical (unpaired) electrons. The summed E-state index contributed by atoms with van der Waals surface area (Å²) >= 11 is 6.06. The molecular formula is C27H26ClN5O5. The summed E-state index contributed by atoms with van der Waals surface area (Å²) in [7, 11) is 0. The van der Waals surface area contributed by atoms with Gasteiger partial charge in [-0.15, -0.1) is 0 Å². The number of nitrogens with zero attached hydrogens (tertiary/aromatic N) is 3. The molecule has 2 amide bonds. The smallest absolute Gasteiger partial charge is 0.331 e. The highest BCUT2D eigenvalue weighted by Crippen LogP contribution is 2.30. The number of rotatable bonds is 7. The van der Waals surface area contributed by atoms with Crippen LogP contribution < -0.4 is 21.9 Å². The highest BCUT2D eigenvalue weighted by atomic mass is 35.5. The summed E-state index contributed by atoms with van der Waals surface area (Å²) in [5.41, 5.74) is 0.709. The maximum absolute atomic E-state index is 13.2. The van der Waals surface area contributed by atoms with Crippen molar-refractivity contribution in [2.24, 2.45) is 11.8 Å². The van der Waals surface area contributed by atoms with Crippen LogP contribution in [0.5, 0.6) is 0 Å². The van der Waals surface area contributed by atoms with Gasteiger partial charge in [-0.25, -0.2) is 4.79 Å². The number of nitrogens with one attached hydrogen (secondary N) is 2. The molecule has 11 heteroatoms. The first-order valence-corrected chi connectivity index (χ1v) is 12.8. The van der Waals surface area contributed by atoms with Crippen LogP contribution >= 0.6 is 11.6 Å². The lowest BCUT2D eigenvalue weighted by Gasteiger charge is -2.19. The first-order chi connectivity index (χ1) is 18.3. The van der Waals surface area contributed by atoms with Crippen LogP contribution in [0.15, 0.2) is 46.0 Å². The molecule has 1 saturated carbocycles. The number of hydrogen-bond acceptors (Lipinski definition) is 6. The molecule has 1 aliphatic carbocycles. The molecule has 1 aliphatic heterocycles. The molecule has 3 aromatic rings. The molecule has 2 heterocycles. The molecule has 2 N–H and O–H groups in total. The number of benzene rings is 2. The normalized spacial score (nSPS) is 18.8. The third-order valence-corrected chi connectivity index (χ3v) is 7.34. The molecule has 2 aliphatic rings. The minimum Gasteiger partial charge on any atom is -0.378 e. The summed E-state index contributed by atoms with van der Waals surface area (Å²) < 4.78 is 8.29. The van der Waals surface area contributed by atoms with Gasteiger partial charge in [0, 0.05) is 24.3 Å². The van der Waals surface area contributed by atoms with Crippen LogP contribution in [0.2, 0.25) is 5.02 Å². The van der Waals surface area contributed by atoms with Crippen molar-refractivity contribution in [1.29, 1.82) is 5.26 Å². The van der Waals surface area contributed by atoms with Crippen LogP contribution in [0, 0.1) is 23.2 Å². The Morgan fingerprint density at radius 2 is 1.92 bits per heavy atom. The Morgan fingerprint density at radius 1 is 1.13 bits per heavy atom. The zero-order chi connectivity index (χ0) is 27.0. The van der Waals surface area contributed by atoms with Gasteiger partial charge >= 0.3 is 5.69 Å². The fraction of sp³-hybridized carbons (Fsp3) is 0.370. The van der Waals surface area contributed by atoms with Gasteiger partial charge in [-0.2, -0.15) is 5.26 Å². The minimum absolute atomic E-state index is 0.118. The van der Waals surface area contributed by atoms with Crippen LogP contribution in [-0.2, 0) is 22.6 Å². The lowest BCUT2D eigenvalue weighted by molar-refractivity contribution is -0.120. The fourth-order valence-corrected chi connectivity index (χ4v) is 4.94. The van der Waals surface area contributed by atoms with Crippen LogP contribution in [0.1, 0.15) is 35.7 Å². The first-order valence-electron chi connectivity index (χ1n) is 12.5. The number of aromatic nitrogens is 2. The van der Waals surface area contributed by atoms with Crippen molar-refractivity contribution in [3.8, 4) is 6.07 Å². The Morgan fingerprint density at radius 3 is 2.61 bits per heavy atom. The van der Waals surface area contributed by atoms with Crippen LogP contribution in [-0.4, -0.2) is 40.2 Å². The molecule has 10 nitrogen and oxygen atoms in total. The second-order valence-corrected chi connectivity index (χ2v) is 10.0. The number of anilines is 1. The first kappa shape index (κ1) is 25.7. The maximum Gasteiger partial charge on any atom is 0.331 e. The molecule has 0 bridgehead atoms. The molecule has 196 valence electrons. The van der Waals surface area contributed by atoms with Gasteiger partial charge in [0.15, 0.2) is 0 Å². The number of carbonyl (C=O) groups is 2. The third-order valence-electron chi connectivity index (χ3n) is 7.03. The van der Waals surface area contributed by atoms with E-state index in [1.807, 2.05) is 13.0 Å².